The van der Waals surface area contributed by atoms with Gasteiger partial charge in [0.15, 0.2) is 0 Å². The first-order chi connectivity index (χ1) is 12.3. The van der Waals surface area contributed by atoms with E-state index in [4.69, 9.17) is 0 Å². The summed E-state index contributed by atoms with van der Waals surface area (Å²) in [6.45, 7) is 9.50. The molecule has 27 heavy (non-hydrogen) atoms. The molecule has 8 nitrogen and oxygen atoms in total. The van der Waals surface area contributed by atoms with Crippen molar-refractivity contribution >= 4 is 18.3 Å². The molecule has 1 fully saturated rings. The highest BCUT2D eigenvalue weighted by atomic mass is 35.5. The van der Waals surface area contributed by atoms with Crippen LogP contribution >= 0.6 is 12.4 Å². The van der Waals surface area contributed by atoms with Gasteiger partial charge >= 0.3 is 0 Å². The molecule has 1 amide bonds. The van der Waals surface area contributed by atoms with E-state index in [0.29, 0.717) is 36.8 Å². The van der Waals surface area contributed by atoms with Crippen LogP contribution in [-0.4, -0.2) is 56.5 Å². The van der Waals surface area contributed by atoms with Gasteiger partial charge in [-0.3, -0.25) is 4.79 Å². The Labute approximate surface area is 165 Å². The number of aliphatic hydroxyl groups is 1. The first-order valence-corrected chi connectivity index (χ1v) is 8.94. The van der Waals surface area contributed by atoms with E-state index in [-0.39, 0.29) is 30.2 Å². The molecule has 0 spiro atoms. The van der Waals surface area contributed by atoms with Crippen molar-refractivity contribution in [3.05, 3.63) is 34.9 Å². The van der Waals surface area contributed by atoms with Crippen molar-refractivity contribution in [2.24, 2.45) is 5.92 Å². The van der Waals surface area contributed by atoms with E-state index in [1.165, 1.54) is 0 Å². The smallest absolute Gasteiger partial charge is 0.254 e. The molecule has 0 aromatic carbocycles. The number of halogens is 1. The summed E-state index contributed by atoms with van der Waals surface area (Å²) in [5.74, 6) is 0.378. The fourth-order valence-corrected chi connectivity index (χ4v) is 3.15. The first-order valence-electron chi connectivity index (χ1n) is 8.94. The highest BCUT2D eigenvalue weighted by Crippen LogP contribution is 2.19. The minimum Gasteiger partial charge on any atom is -0.391 e. The Hall–Kier alpha value is -2.03. The van der Waals surface area contributed by atoms with E-state index in [0.717, 1.165) is 11.4 Å². The number of nitrogens with one attached hydrogen (secondary N) is 2. The highest BCUT2D eigenvalue weighted by Gasteiger charge is 2.26. The van der Waals surface area contributed by atoms with Gasteiger partial charge in [0.05, 0.1) is 17.4 Å². The second-order valence-electron chi connectivity index (χ2n) is 7.17. The molecule has 2 unspecified atom stereocenters. The molecule has 148 valence electrons. The predicted molar refractivity (Wildman–Crippen MR) is 105 cm³/mol. The van der Waals surface area contributed by atoms with Crippen LogP contribution in [0.5, 0.6) is 0 Å². The molecule has 1 aliphatic rings. The summed E-state index contributed by atoms with van der Waals surface area (Å²) in [6.07, 6.45) is 1.26. The fourth-order valence-electron chi connectivity index (χ4n) is 3.15. The van der Waals surface area contributed by atoms with Crippen LogP contribution in [0, 0.1) is 19.8 Å². The van der Waals surface area contributed by atoms with Gasteiger partial charge < -0.3 is 15.7 Å². The standard InChI is InChI=1S/C18H26N6O2.ClH/c1-10(2)16-14(17(26)20-7-13-6-19-8-15(13)25)9-24(23-16)18-21-11(3)5-12(4)22-18;/h5,9-10,13,15,19,25H,6-8H2,1-4H3,(H,20,26);1H. The van der Waals surface area contributed by atoms with E-state index < -0.39 is 6.10 Å². The normalized spacial score (nSPS) is 19.2. The summed E-state index contributed by atoms with van der Waals surface area (Å²) in [6, 6.07) is 1.89. The Morgan fingerprint density at radius 3 is 2.56 bits per heavy atom. The topological polar surface area (TPSA) is 105 Å². The molecule has 9 heteroatoms. The molecule has 2 atom stereocenters. The number of carbonyl (C=O) groups excluding carboxylic acids is 1. The zero-order chi connectivity index (χ0) is 18.8. The van der Waals surface area contributed by atoms with Crippen LogP contribution in [0.25, 0.3) is 5.95 Å². The number of rotatable bonds is 5. The molecular formula is C18H27ClN6O2. The Bertz CT molecular complexity index is 787. The van der Waals surface area contributed by atoms with Gasteiger partial charge in [0.25, 0.3) is 11.9 Å². The molecule has 3 N–H and O–H groups in total. The molecule has 0 bridgehead atoms. The summed E-state index contributed by atoms with van der Waals surface area (Å²) in [5.41, 5.74) is 2.92. The third kappa shape index (κ3) is 4.82. The number of carbonyl (C=O) groups is 1. The van der Waals surface area contributed by atoms with Crippen molar-refractivity contribution < 1.29 is 9.90 Å². The molecule has 3 rings (SSSR count). The van der Waals surface area contributed by atoms with Gasteiger partial charge in [-0.2, -0.15) is 5.10 Å². The van der Waals surface area contributed by atoms with Crippen LogP contribution in [0.15, 0.2) is 12.3 Å². The summed E-state index contributed by atoms with van der Waals surface area (Å²) < 4.78 is 1.57. The lowest BCUT2D eigenvalue weighted by Gasteiger charge is -2.14. The second-order valence-corrected chi connectivity index (χ2v) is 7.17. The number of aliphatic hydroxyl groups excluding tert-OH is 1. The summed E-state index contributed by atoms with van der Waals surface area (Å²) in [7, 11) is 0. The Kier molecular flexibility index (Phi) is 6.91. The van der Waals surface area contributed by atoms with E-state index in [2.05, 4.69) is 25.7 Å². The van der Waals surface area contributed by atoms with Crippen molar-refractivity contribution in [1.29, 1.82) is 0 Å². The summed E-state index contributed by atoms with van der Waals surface area (Å²) in [4.78, 5) is 21.5. The third-order valence-electron chi connectivity index (χ3n) is 4.54. The Balaban J connectivity index is 0.00000261. The lowest BCUT2D eigenvalue weighted by molar-refractivity contribution is 0.0926. The van der Waals surface area contributed by atoms with Crippen LogP contribution in [-0.2, 0) is 0 Å². The number of amides is 1. The van der Waals surface area contributed by atoms with E-state index in [1.54, 1.807) is 10.9 Å². The predicted octanol–water partition coefficient (Wildman–Crippen LogP) is 1.13. The van der Waals surface area contributed by atoms with Crippen LogP contribution in [0.3, 0.4) is 0 Å². The van der Waals surface area contributed by atoms with Gasteiger partial charge in [-0.15, -0.1) is 12.4 Å². The first kappa shape index (κ1) is 21.3. The number of aryl methyl sites for hydroxylation is 2. The number of aromatic nitrogens is 4. The highest BCUT2D eigenvalue weighted by molar-refractivity contribution is 5.95. The molecule has 0 saturated carbocycles. The van der Waals surface area contributed by atoms with Gasteiger partial charge in [-0.1, -0.05) is 13.8 Å². The third-order valence-corrected chi connectivity index (χ3v) is 4.54. The molecule has 0 radical (unpaired) electrons. The van der Waals surface area contributed by atoms with E-state index in [9.17, 15) is 9.90 Å². The fraction of sp³-hybridized carbons (Fsp3) is 0.556. The van der Waals surface area contributed by atoms with E-state index >= 15 is 0 Å². The number of hydrogen-bond acceptors (Lipinski definition) is 6. The molecular weight excluding hydrogens is 368 g/mol. The van der Waals surface area contributed by atoms with Gasteiger partial charge in [0.1, 0.15) is 0 Å². The zero-order valence-corrected chi connectivity index (χ0v) is 16.9. The van der Waals surface area contributed by atoms with Crippen molar-refractivity contribution in [2.45, 2.75) is 39.7 Å². The second kappa shape index (κ2) is 8.77. The summed E-state index contributed by atoms with van der Waals surface area (Å²) in [5, 5.41) is 20.5. The lowest BCUT2D eigenvalue weighted by atomic mass is 10.0. The van der Waals surface area contributed by atoms with Crippen molar-refractivity contribution in [3.63, 3.8) is 0 Å². The maximum absolute atomic E-state index is 12.7. The molecule has 2 aromatic rings. The van der Waals surface area contributed by atoms with Gasteiger partial charge in [-0.25, -0.2) is 14.6 Å². The van der Waals surface area contributed by atoms with Crippen LogP contribution in [0.4, 0.5) is 0 Å². The van der Waals surface area contributed by atoms with Crippen molar-refractivity contribution in [2.75, 3.05) is 19.6 Å². The molecule has 0 aliphatic carbocycles. The Morgan fingerprint density at radius 2 is 2.00 bits per heavy atom. The van der Waals surface area contributed by atoms with Crippen molar-refractivity contribution in [1.82, 2.24) is 30.4 Å². The van der Waals surface area contributed by atoms with Gasteiger partial charge in [0.2, 0.25) is 0 Å². The molecule has 1 aliphatic heterocycles. The van der Waals surface area contributed by atoms with Gasteiger partial charge in [-0.05, 0) is 25.8 Å². The SMILES string of the molecule is Cc1cc(C)nc(-n2cc(C(=O)NCC3CNCC3O)c(C(C)C)n2)n1.Cl. The molecule has 1 saturated heterocycles. The van der Waals surface area contributed by atoms with E-state index in [1.807, 2.05) is 33.8 Å². The van der Waals surface area contributed by atoms with Crippen LogP contribution in [0.1, 0.15) is 47.2 Å². The summed E-state index contributed by atoms with van der Waals surface area (Å²) >= 11 is 0. The number of β-amino-alcohol motifs (C(OH)–C–C–N with tert-alkyl or cyclic N) is 1. The number of nitrogens with zero attached hydrogens (tertiary/aromatic N) is 4. The average Bonchev–Trinajstić information content (AvgIpc) is 3.18. The van der Waals surface area contributed by atoms with Crippen LogP contribution < -0.4 is 10.6 Å². The minimum absolute atomic E-state index is 0. The largest absolute Gasteiger partial charge is 0.391 e. The van der Waals surface area contributed by atoms with Crippen LogP contribution in [0.2, 0.25) is 0 Å². The minimum atomic E-state index is -0.425. The monoisotopic (exact) mass is 394 g/mol. The average molecular weight is 395 g/mol. The zero-order valence-electron chi connectivity index (χ0n) is 16.1. The van der Waals surface area contributed by atoms with Gasteiger partial charge in [0, 0.05) is 43.1 Å². The Morgan fingerprint density at radius 1 is 1.33 bits per heavy atom. The maximum atomic E-state index is 12.7. The molecule has 2 aromatic heterocycles. The maximum Gasteiger partial charge on any atom is 0.254 e. The quantitative estimate of drug-likeness (QED) is 0.702. The number of hydrogen-bond donors (Lipinski definition) is 3. The lowest BCUT2D eigenvalue weighted by Crippen LogP contribution is -2.34. The van der Waals surface area contributed by atoms with Crippen molar-refractivity contribution in [3.8, 4) is 5.95 Å². The molecule has 3 heterocycles.